The van der Waals surface area contributed by atoms with Crippen molar-refractivity contribution in [2.45, 2.75) is 48.6 Å². The van der Waals surface area contributed by atoms with E-state index in [-0.39, 0.29) is 19.2 Å². The maximum Gasteiger partial charge on any atom is 0.319 e. The summed E-state index contributed by atoms with van der Waals surface area (Å²) in [6.45, 7) is 7.34. The van der Waals surface area contributed by atoms with Gasteiger partial charge >= 0.3 is 6.03 Å². The van der Waals surface area contributed by atoms with Gasteiger partial charge in [0.25, 0.3) is 0 Å². The minimum atomic E-state index is -3.73. The van der Waals surface area contributed by atoms with E-state index in [1.807, 2.05) is 13.0 Å². The van der Waals surface area contributed by atoms with Crippen LogP contribution in [0.25, 0.3) is 11.4 Å². The summed E-state index contributed by atoms with van der Waals surface area (Å²) in [6, 6.07) is 8.50. The van der Waals surface area contributed by atoms with Crippen LogP contribution in [-0.4, -0.2) is 73.5 Å². The Labute approximate surface area is 231 Å². The standard InChI is InChI=1S/C26H32N6O5S2/c1-16-15-37-13-11-32(16)22-14-21(26(8-9-26)39(35,36)24-17(2)28-18(3)38-24)30-23(31-22)19-4-6-20(7-5-19)29-25(34)27-10-12-33/h4-7,14,16,33H,8-13,15H2,1-3H3,(H2,27,29,34)/t16-/m0/s1. The molecule has 1 atom stereocenters. The Balaban J connectivity index is 1.54. The summed E-state index contributed by atoms with van der Waals surface area (Å²) in [4.78, 5) is 28.1. The van der Waals surface area contributed by atoms with Crippen molar-refractivity contribution in [2.24, 2.45) is 0 Å². The van der Waals surface area contributed by atoms with E-state index in [0.717, 1.165) is 0 Å². The third-order valence-electron chi connectivity index (χ3n) is 6.96. The van der Waals surface area contributed by atoms with Crippen LogP contribution in [0.3, 0.4) is 0 Å². The summed E-state index contributed by atoms with van der Waals surface area (Å²) in [5.74, 6) is 1.08. The van der Waals surface area contributed by atoms with E-state index in [0.29, 0.717) is 76.1 Å². The molecule has 1 aliphatic heterocycles. The van der Waals surface area contributed by atoms with E-state index in [1.54, 1.807) is 31.2 Å². The fourth-order valence-electron chi connectivity index (χ4n) is 4.77. The number of morpholine rings is 1. The highest BCUT2D eigenvalue weighted by molar-refractivity contribution is 7.94. The molecule has 13 heteroatoms. The number of amides is 2. The molecule has 11 nitrogen and oxygen atoms in total. The van der Waals surface area contributed by atoms with Crippen molar-refractivity contribution in [3.63, 3.8) is 0 Å². The minimum Gasteiger partial charge on any atom is -0.395 e. The van der Waals surface area contributed by atoms with Gasteiger partial charge in [-0.25, -0.2) is 28.2 Å². The van der Waals surface area contributed by atoms with E-state index in [4.69, 9.17) is 19.8 Å². The number of hydrogen-bond acceptors (Lipinski definition) is 10. The van der Waals surface area contributed by atoms with Gasteiger partial charge in [-0.2, -0.15) is 0 Å². The zero-order chi connectivity index (χ0) is 27.8. The van der Waals surface area contributed by atoms with Gasteiger partial charge in [0.15, 0.2) is 5.82 Å². The number of carbonyl (C=O) groups is 1. The van der Waals surface area contributed by atoms with Crippen LogP contribution in [0.5, 0.6) is 0 Å². The van der Waals surface area contributed by atoms with Gasteiger partial charge < -0.3 is 25.4 Å². The number of benzene rings is 1. The Morgan fingerprint density at radius 1 is 1.21 bits per heavy atom. The molecular weight excluding hydrogens is 540 g/mol. The molecule has 1 saturated heterocycles. The van der Waals surface area contributed by atoms with Crippen LogP contribution in [0.1, 0.15) is 36.2 Å². The number of carbonyl (C=O) groups excluding carboxylic acids is 1. The van der Waals surface area contributed by atoms with Gasteiger partial charge in [-0.3, -0.25) is 0 Å². The summed E-state index contributed by atoms with van der Waals surface area (Å²) in [5.41, 5.74) is 2.26. The lowest BCUT2D eigenvalue weighted by Gasteiger charge is -2.34. The highest BCUT2D eigenvalue weighted by Crippen LogP contribution is 2.56. The average Bonchev–Trinajstić information content (AvgIpc) is 3.67. The Bertz CT molecular complexity index is 1470. The molecule has 3 heterocycles. The first-order valence-electron chi connectivity index (χ1n) is 12.8. The predicted molar refractivity (Wildman–Crippen MR) is 149 cm³/mol. The number of hydrogen-bond donors (Lipinski definition) is 3. The molecule has 2 aliphatic rings. The van der Waals surface area contributed by atoms with Gasteiger partial charge in [0.1, 0.15) is 14.8 Å². The van der Waals surface area contributed by atoms with E-state index in [1.165, 1.54) is 11.3 Å². The van der Waals surface area contributed by atoms with Gasteiger partial charge in [0, 0.05) is 30.4 Å². The second-order valence-corrected chi connectivity index (χ2v) is 13.5. The van der Waals surface area contributed by atoms with Crippen LogP contribution < -0.4 is 15.5 Å². The fourth-order valence-corrected chi connectivity index (χ4v) is 8.51. The number of aliphatic hydroxyl groups excluding tert-OH is 1. The Hall–Kier alpha value is -3.13. The molecule has 208 valence electrons. The number of aliphatic hydroxyl groups is 1. The van der Waals surface area contributed by atoms with Gasteiger partial charge in [-0.15, -0.1) is 11.3 Å². The topological polar surface area (TPSA) is 147 Å². The average molecular weight is 573 g/mol. The molecular formula is C26H32N6O5S2. The lowest BCUT2D eigenvalue weighted by Crippen LogP contribution is -2.44. The summed E-state index contributed by atoms with van der Waals surface area (Å²) in [7, 11) is -3.73. The molecule has 0 radical (unpaired) electrons. The Morgan fingerprint density at radius 3 is 2.56 bits per heavy atom. The molecule has 3 N–H and O–H groups in total. The Morgan fingerprint density at radius 2 is 1.95 bits per heavy atom. The molecule has 1 saturated carbocycles. The quantitative estimate of drug-likeness (QED) is 0.371. The number of urea groups is 1. The predicted octanol–water partition coefficient (Wildman–Crippen LogP) is 3.02. The second-order valence-electron chi connectivity index (χ2n) is 9.84. The number of nitrogens with zero attached hydrogens (tertiary/aromatic N) is 4. The van der Waals surface area contributed by atoms with Crippen LogP contribution in [0.2, 0.25) is 0 Å². The molecule has 1 aliphatic carbocycles. The summed E-state index contributed by atoms with van der Waals surface area (Å²) in [6.07, 6.45) is 0.957. The van der Waals surface area contributed by atoms with Crippen LogP contribution in [0.15, 0.2) is 34.5 Å². The number of rotatable bonds is 8. The van der Waals surface area contributed by atoms with Crippen molar-refractivity contribution in [1.29, 1.82) is 0 Å². The number of sulfone groups is 1. The van der Waals surface area contributed by atoms with Gasteiger partial charge in [0.2, 0.25) is 9.84 Å². The molecule has 5 rings (SSSR count). The minimum absolute atomic E-state index is 0.0662. The van der Waals surface area contributed by atoms with Crippen molar-refractivity contribution < 1.29 is 23.1 Å². The number of thiazole rings is 1. The van der Waals surface area contributed by atoms with Crippen molar-refractivity contribution in [2.75, 3.05) is 43.1 Å². The first-order chi connectivity index (χ1) is 18.6. The van der Waals surface area contributed by atoms with Gasteiger partial charge in [-0.05, 0) is 57.9 Å². The number of aryl methyl sites for hydroxylation is 2. The lowest BCUT2D eigenvalue weighted by atomic mass is 10.1. The van der Waals surface area contributed by atoms with Crippen molar-refractivity contribution in [1.82, 2.24) is 20.3 Å². The van der Waals surface area contributed by atoms with E-state index >= 15 is 0 Å². The fraction of sp³-hybridized carbons (Fsp3) is 0.462. The molecule has 2 amide bonds. The second kappa shape index (κ2) is 10.8. The largest absolute Gasteiger partial charge is 0.395 e. The molecule has 0 unspecified atom stereocenters. The van der Waals surface area contributed by atoms with Crippen molar-refractivity contribution >= 4 is 38.7 Å². The molecule has 2 aromatic heterocycles. The van der Waals surface area contributed by atoms with Crippen molar-refractivity contribution in [3.8, 4) is 11.4 Å². The Kier molecular flexibility index (Phi) is 7.60. The monoisotopic (exact) mass is 572 g/mol. The molecule has 1 aromatic carbocycles. The maximum atomic E-state index is 14.0. The maximum absolute atomic E-state index is 14.0. The van der Waals surface area contributed by atoms with Gasteiger partial charge in [-0.1, -0.05) is 0 Å². The number of ether oxygens (including phenoxy) is 1. The molecule has 0 spiro atoms. The molecule has 0 bridgehead atoms. The summed E-state index contributed by atoms with van der Waals surface area (Å²) >= 11 is 1.20. The van der Waals surface area contributed by atoms with Crippen LogP contribution in [-0.2, 0) is 19.3 Å². The lowest BCUT2D eigenvalue weighted by molar-refractivity contribution is 0.0985. The zero-order valence-electron chi connectivity index (χ0n) is 22.1. The van der Waals surface area contributed by atoms with Crippen LogP contribution in [0, 0.1) is 13.8 Å². The number of nitrogens with one attached hydrogen (secondary N) is 2. The van der Waals surface area contributed by atoms with Crippen molar-refractivity contribution in [3.05, 3.63) is 46.7 Å². The number of aromatic nitrogens is 3. The highest BCUT2D eigenvalue weighted by Gasteiger charge is 2.59. The van der Waals surface area contributed by atoms with Crippen LogP contribution >= 0.6 is 11.3 Å². The van der Waals surface area contributed by atoms with Crippen LogP contribution in [0.4, 0.5) is 16.3 Å². The third kappa shape index (κ3) is 5.36. The summed E-state index contributed by atoms with van der Waals surface area (Å²) < 4.78 is 32.8. The smallest absolute Gasteiger partial charge is 0.319 e. The van der Waals surface area contributed by atoms with E-state index in [2.05, 4.69) is 27.4 Å². The molecule has 39 heavy (non-hydrogen) atoms. The first-order valence-corrected chi connectivity index (χ1v) is 15.1. The highest BCUT2D eigenvalue weighted by atomic mass is 32.2. The normalized spacial score (nSPS) is 18.6. The van der Waals surface area contributed by atoms with E-state index < -0.39 is 20.6 Å². The number of anilines is 2. The SMILES string of the molecule is Cc1nc(C)c(S(=O)(=O)C2(c3cc(N4CCOC[C@@H]4C)nc(-c4ccc(NC(=O)NCCO)cc4)n3)CC2)s1. The zero-order valence-corrected chi connectivity index (χ0v) is 23.7. The summed E-state index contributed by atoms with van der Waals surface area (Å²) in [5, 5.41) is 14.8. The third-order valence-corrected chi connectivity index (χ3v) is 11.2. The molecule has 2 fully saturated rings. The first kappa shape index (κ1) is 27.4. The molecule has 3 aromatic rings. The van der Waals surface area contributed by atoms with Gasteiger partial charge in [0.05, 0.1) is 42.3 Å². The van der Waals surface area contributed by atoms with E-state index in [9.17, 15) is 13.2 Å².